The molecular weight excluding hydrogens is 512 g/mol. The van der Waals surface area contributed by atoms with Crippen molar-refractivity contribution in [2.75, 3.05) is 0 Å². The van der Waals surface area contributed by atoms with Crippen LogP contribution in [0.2, 0.25) is 0 Å². The Balaban J connectivity index is 0.000000350. The van der Waals surface area contributed by atoms with Gasteiger partial charge in [-0.15, -0.1) is 24.3 Å². The molecule has 0 unspecified atom stereocenters. The molecule has 1 N–H and O–H groups in total. The zero-order valence-corrected chi connectivity index (χ0v) is 17.0. The molecule has 0 aliphatic rings. The second-order valence-electron chi connectivity index (χ2n) is 5.07. The van der Waals surface area contributed by atoms with Gasteiger partial charge in [-0.25, -0.2) is 6.08 Å². The van der Waals surface area contributed by atoms with Gasteiger partial charge >= 0.3 is 20.1 Å². The number of nitrogens with zero attached hydrogens (tertiary/aromatic N) is 2. The minimum absolute atomic E-state index is 0. The smallest absolute Gasteiger partial charge is 0.600 e. The van der Waals surface area contributed by atoms with E-state index >= 15 is 0 Å². The Morgan fingerprint density at radius 3 is 1.96 bits per heavy atom. The third-order valence-electron chi connectivity index (χ3n) is 3.22. The van der Waals surface area contributed by atoms with Gasteiger partial charge in [0.1, 0.15) is 0 Å². The number of aromatic nitrogens is 2. The van der Waals surface area contributed by atoms with E-state index in [-0.39, 0.29) is 20.1 Å². The monoisotopic (exact) mass is 532 g/mol. The number of hydrogen-bond donors (Lipinski definition) is 1. The number of aliphatic hydroxyl groups is 1. The number of rotatable bonds is 5. The molecule has 0 aliphatic carbocycles. The molecule has 4 heteroatoms. The molecule has 27 heavy (non-hydrogen) atoms. The van der Waals surface area contributed by atoms with E-state index in [4.69, 9.17) is 11.7 Å². The summed E-state index contributed by atoms with van der Waals surface area (Å²) in [5.74, 6) is 0. The van der Waals surface area contributed by atoms with E-state index in [9.17, 15) is 0 Å². The van der Waals surface area contributed by atoms with Crippen molar-refractivity contribution >= 4 is 0 Å². The van der Waals surface area contributed by atoms with Crippen molar-refractivity contribution in [2.24, 2.45) is 0 Å². The first-order valence-corrected chi connectivity index (χ1v) is 8.10. The van der Waals surface area contributed by atoms with Crippen LogP contribution in [0.3, 0.4) is 0 Å². The topological polar surface area (TPSA) is 46.0 Å². The standard InChI is InChI=1S/C16H11N2.C7H8O.Ir/c1-3-10-17-15(8-1)13-6-5-7-14(12-13)16-9-2-4-11-18-16;1-2-3-4-5-6-7-8;/h1-11H;1-2,4,6-8H,3H2;/q-1;-2;+3. The maximum Gasteiger partial charge on any atom is 3.00 e. The van der Waals surface area contributed by atoms with Gasteiger partial charge in [0.15, 0.2) is 0 Å². The van der Waals surface area contributed by atoms with Crippen molar-refractivity contribution in [1.29, 1.82) is 0 Å². The number of benzene rings is 1. The van der Waals surface area contributed by atoms with E-state index in [1.807, 2.05) is 54.6 Å². The molecule has 0 bridgehead atoms. The van der Waals surface area contributed by atoms with Crippen molar-refractivity contribution in [3.63, 3.8) is 0 Å². The fraction of sp³-hybridized carbons (Fsp3) is 0.0435. The largest absolute Gasteiger partial charge is 3.00 e. The number of hydrogen-bond acceptors (Lipinski definition) is 3. The zero-order chi connectivity index (χ0) is 18.5. The van der Waals surface area contributed by atoms with Gasteiger partial charge in [-0.05, 0) is 12.1 Å². The molecule has 136 valence electrons. The first-order valence-electron chi connectivity index (χ1n) is 8.10. The second kappa shape index (κ2) is 13.4. The molecule has 0 atom stereocenters. The van der Waals surface area contributed by atoms with Crippen molar-refractivity contribution < 1.29 is 25.2 Å². The molecule has 0 amide bonds. The Morgan fingerprint density at radius 1 is 0.926 bits per heavy atom. The van der Waals surface area contributed by atoms with Gasteiger partial charge in [0.25, 0.3) is 0 Å². The van der Waals surface area contributed by atoms with E-state index < -0.39 is 0 Å². The summed E-state index contributed by atoms with van der Waals surface area (Å²) in [6.07, 6.45) is 12.5. The Labute approximate surface area is 174 Å². The number of aliphatic hydroxyl groups excluding tert-OH is 1. The molecule has 3 rings (SSSR count). The van der Waals surface area contributed by atoms with Gasteiger partial charge < -0.3 is 11.7 Å². The molecule has 1 aromatic carbocycles. The maximum atomic E-state index is 8.06. The molecule has 0 saturated heterocycles. The summed E-state index contributed by atoms with van der Waals surface area (Å²) in [6.45, 7) is 5.03. The maximum absolute atomic E-state index is 8.06. The predicted molar refractivity (Wildman–Crippen MR) is 105 cm³/mol. The Hall–Kier alpha value is -2.81. The first kappa shape index (κ1) is 22.2. The first-order chi connectivity index (χ1) is 12.8. The van der Waals surface area contributed by atoms with Crippen LogP contribution in [0, 0.1) is 18.7 Å². The third kappa shape index (κ3) is 7.95. The van der Waals surface area contributed by atoms with Crippen LogP contribution in [-0.2, 0) is 20.1 Å². The van der Waals surface area contributed by atoms with E-state index in [1.54, 1.807) is 18.5 Å². The van der Waals surface area contributed by atoms with Gasteiger partial charge in [0.2, 0.25) is 0 Å². The van der Waals surface area contributed by atoms with Crippen LogP contribution in [0.5, 0.6) is 0 Å². The van der Waals surface area contributed by atoms with Crippen LogP contribution in [0.4, 0.5) is 0 Å². The van der Waals surface area contributed by atoms with Crippen LogP contribution < -0.4 is 0 Å². The summed E-state index contributed by atoms with van der Waals surface area (Å²) < 4.78 is 0. The normalized spacial score (nSPS) is 10.1. The molecular formula is C23H19IrN2O. The van der Waals surface area contributed by atoms with Crippen LogP contribution >= 0.6 is 0 Å². The van der Waals surface area contributed by atoms with Crippen LogP contribution in [0.15, 0.2) is 91.5 Å². The van der Waals surface area contributed by atoms with Crippen molar-refractivity contribution in [3.8, 4) is 22.5 Å². The van der Waals surface area contributed by atoms with Crippen molar-refractivity contribution in [2.45, 2.75) is 6.42 Å². The average molecular weight is 532 g/mol. The summed E-state index contributed by atoms with van der Waals surface area (Å²) >= 11 is 0. The fourth-order valence-electron chi connectivity index (χ4n) is 2.06. The van der Waals surface area contributed by atoms with Crippen molar-refractivity contribution in [3.05, 3.63) is 110 Å². The van der Waals surface area contributed by atoms with Gasteiger partial charge in [0.05, 0.1) is 0 Å². The summed E-state index contributed by atoms with van der Waals surface area (Å²) in [5.41, 5.74) is 3.82. The van der Waals surface area contributed by atoms with Crippen LogP contribution in [0.25, 0.3) is 22.5 Å². The summed E-state index contributed by atoms with van der Waals surface area (Å²) in [6, 6.07) is 21.1. The van der Waals surface area contributed by atoms with Gasteiger partial charge in [0, 0.05) is 23.8 Å². The molecule has 2 heterocycles. The SMILES string of the molecule is [CH-]=CCC=[C-]C=CO.[Ir+3].[c-]1c(-c2ccccn2)cccc1-c1ccccn1. The Bertz CT molecular complexity index is 792. The summed E-state index contributed by atoms with van der Waals surface area (Å²) in [5, 5.41) is 8.06. The van der Waals surface area contributed by atoms with Gasteiger partial charge in [-0.2, -0.15) is 6.08 Å². The molecule has 0 saturated carbocycles. The average Bonchev–Trinajstić information content (AvgIpc) is 2.73. The van der Waals surface area contributed by atoms with E-state index in [2.05, 4.69) is 22.1 Å². The number of pyridine rings is 2. The van der Waals surface area contributed by atoms with Gasteiger partial charge in [-0.3, -0.25) is 22.1 Å². The Kier molecular flexibility index (Phi) is 11.0. The fourth-order valence-corrected chi connectivity index (χ4v) is 2.06. The van der Waals surface area contributed by atoms with E-state index in [0.717, 1.165) is 28.8 Å². The predicted octanol–water partition coefficient (Wildman–Crippen LogP) is 5.41. The number of allylic oxidation sites excluding steroid dienone is 4. The minimum atomic E-state index is 0. The molecule has 2 aromatic heterocycles. The van der Waals surface area contributed by atoms with Crippen LogP contribution in [-0.4, -0.2) is 15.1 Å². The minimum Gasteiger partial charge on any atom is -0.600 e. The molecule has 0 radical (unpaired) electrons. The third-order valence-corrected chi connectivity index (χ3v) is 3.22. The van der Waals surface area contributed by atoms with E-state index in [1.165, 1.54) is 12.2 Å². The van der Waals surface area contributed by atoms with Crippen molar-refractivity contribution in [1.82, 2.24) is 9.97 Å². The second-order valence-corrected chi connectivity index (χ2v) is 5.07. The molecule has 0 aliphatic heterocycles. The molecule has 3 aromatic rings. The molecule has 0 fully saturated rings. The summed E-state index contributed by atoms with van der Waals surface area (Å²) in [4.78, 5) is 8.66. The van der Waals surface area contributed by atoms with E-state index in [0.29, 0.717) is 6.42 Å². The summed E-state index contributed by atoms with van der Waals surface area (Å²) in [7, 11) is 0. The molecule has 0 spiro atoms. The van der Waals surface area contributed by atoms with Gasteiger partial charge in [-0.1, -0.05) is 48.1 Å². The zero-order valence-electron chi connectivity index (χ0n) is 14.6. The van der Waals surface area contributed by atoms with Crippen LogP contribution in [0.1, 0.15) is 6.42 Å². The Morgan fingerprint density at radius 2 is 1.52 bits per heavy atom. The molecule has 3 nitrogen and oxygen atoms in total. The quantitative estimate of drug-likeness (QED) is 0.272.